The van der Waals surface area contributed by atoms with Crippen molar-refractivity contribution in [3.8, 4) is 17.2 Å². The van der Waals surface area contributed by atoms with Crippen molar-refractivity contribution >= 4 is 50.9 Å². The lowest BCUT2D eigenvalue weighted by Crippen LogP contribution is -2.06. The summed E-state index contributed by atoms with van der Waals surface area (Å²) in [7, 11) is 4.62. The molecule has 0 radical (unpaired) electrons. The van der Waals surface area contributed by atoms with Crippen LogP contribution in [0.5, 0.6) is 17.2 Å². The number of carbonyl (C=O) groups is 1. The van der Waals surface area contributed by atoms with Crippen molar-refractivity contribution in [1.29, 1.82) is 0 Å². The van der Waals surface area contributed by atoms with Crippen LogP contribution in [-0.4, -0.2) is 34.1 Å². The van der Waals surface area contributed by atoms with Crippen molar-refractivity contribution in [2.45, 2.75) is 13.5 Å². The fourth-order valence-electron chi connectivity index (χ4n) is 2.39. The third-order valence-electron chi connectivity index (χ3n) is 3.44. The Bertz CT molecular complexity index is 793. The van der Waals surface area contributed by atoms with Gasteiger partial charge in [-0.05, 0) is 28.7 Å². The van der Waals surface area contributed by atoms with E-state index in [1.165, 1.54) is 21.1 Å². The molecular weight excluding hydrogens is 463 g/mol. The molecule has 136 valence electrons. The molecule has 0 amide bonds. The van der Waals surface area contributed by atoms with Gasteiger partial charge in [0.25, 0.3) is 0 Å². The number of rotatable bonds is 7. The van der Waals surface area contributed by atoms with Gasteiger partial charge < -0.3 is 23.7 Å². The quantitative estimate of drug-likeness (QED) is 0.337. The van der Waals surface area contributed by atoms with E-state index < -0.39 is 0 Å². The molecule has 0 aromatic heterocycles. The molecule has 2 aromatic rings. The molecule has 0 atom stereocenters. The lowest BCUT2D eigenvalue weighted by molar-refractivity contribution is -0.142. The molecule has 0 N–H and O–H groups in total. The summed E-state index contributed by atoms with van der Waals surface area (Å²) in [6.07, 6.45) is 0. The zero-order valence-electron chi connectivity index (χ0n) is 14.3. The van der Waals surface area contributed by atoms with Gasteiger partial charge in [-0.2, -0.15) is 0 Å². The summed E-state index contributed by atoms with van der Waals surface area (Å²) in [5.74, 6) is 1.19. The lowest BCUT2D eigenvalue weighted by Gasteiger charge is -2.19. The smallest absolute Gasteiger partial charge is 0.302 e. The van der Waals surface area contributed by atoms with E-state index in [4.69, 9.17) is 35.3 Å². The van der Waals surface area contributed by atoms with Gasteiger partial charge in [0.05, 0.1) is 28.2 Å². The number of ether oxygens (including phenoxy) is 5. The highest BCUT2D eigenvalue weighted by Gasteiger charge is 2.22. The zero-order valence-corrected chi connectivity index (χ0v) is 17.2. The number of methoxy groups -OCH3 is 3. The number of carbonyl (C=O) groups excluding carboxylic acids is 1. The van der Waals surface area contributed by atoms with Crippen LogP contribution in [0, 0.1) is 3.57 Å². The molecule has 6 nitrogen and oxygen atoms in total. The van der Waals surface area contributed by atoms with Crippen LogP contribution >= 0.6 is 34.2 Å². The van der Waals surface area contributed by atoms with E-state index in [1.54, 1.807) is 13.2 Å². The van der Waals surface area contributed by atoms with E-state index in [-0.39, 0.29) is 19.4 Å². The molecular formula is C17H18ClIO6. The first-order valence-corrected chi connectivity index (χ1v) is 8.70. The molecule has 2 rings (SSSR count). The highest BCUT2D eigenvalue weighted by molar-refractivity contribution is 14.1. The van der Waals surface area contributed by atoms with Gasteiger partial charge in [0.2, 0.25) is 0 Å². The molecule has 0 aliphatic carbocycles. The number of hydrogen-bond acceptors (Lipinski definition) is 6. The number of fused-ring (bicyclic) bond motifs is 1. The van der Waals surface area contributed by atoms with Crippen LogP contribution in [-0.2, 0) is 20.9 Å². The SMILES string of the molecule is COCOc1c(I)c(COC(C)=O)cc2c(OC)cc(Cl)c(OC)c12. The summed E-state index contributed by atoms with van der Waals surface area (Å²) < 4.78 is 27.6. The molecule has 0 unspecified atom stereocenters. The van der Waals surface area contributed by atoms with Crippen molar-refractivity contribution in [1.82, 2.24) is 0 Å². The van der Waals surface area contributed by atoms with Gasteiger partial charge in [0.15, 0.2) is 6.79 Å². The Morgan fingerprint density at radius 1 is 1.16 bits per heavy atom. The number of halogens is 2. The molecule has 0 spiro atoms. The van der Waals surface area contributed by atoms with Gasteiger partial charge in [-0.25, -0.2) is 0 Å². The fourth-order valence-corrected chi connectivity index (χ4v) is 3.40. The Kier molecular flexibility index (Phi) is 6.97. The molecule has 8 heteroatoms. The third-order valence-corrected chi connectivity index (χ3v) is 4.90. The monoisotopic (exact) mass is 480 g/mol. The second-order valence-electron chi connectivity index (χ2n) is 5.03. The van der Waals surface area contributed by atoms with Crippen molar-refractivity contribution < 1.29 is 28.5 Å². The highest BCUT2D eigenvalue weighted by Crippen LogP contribution is 2.47. The minimum absolute atomic E-state index is 0.0418. The molecule has 0 bridgehead atoms. The Hall–Kier alpha value is -1.45. The molecule has 0 heterocycles. The molecule has 0 saturated heterocycles. The van der Waals surface area contributed by atoms with Gasteiger partial charge in [0.1, 0.15) is 23.9 Å². The summed E-state index contributed by atoms with van der Waals surface area (Å²) in [4.78, 5) is 11.2. The van der Waals surface area contributed by atoms with Crippen LogP contribution in [0.3, 0.4) is 0 Å². The second-order valence-corrected chi connectivity index (χ2v) is 6.51. The minimum atomic E-state index is -0.365. The Morgan fingerprint density at radius 2 is 1.88 bits per heavy atom. The summed E-state index contributed by atoms with van der Waals surface area (Å²) in [6.45, 7) is 1.51. The maximum atomic E-state index is 11.2. The highest BCUT2D eigenvalue weighted by atomic mass is 127. The van der Waals surface area contributed by atoms with Crippen molar-refractivity contribution in [2.75, 3.05) is 28.1 Å². The van der Waals surface area contributed by atoms with E-state index in [9.17, 15) is 4.79 Å². The van der Waals surface area contributed by atoms with Gasteiger partial charge in [-0.1, -0.05) is 11.6 Å². The Morgan fingerprint density at radius 3 is 2.44 bits per heavy atom. The maximum absolute atomic E-state index is 11.2. The lowest BCUT2D eigenvalue weighted by atomic mass is 10.0. The third kappa shape index (κ3) is 4.21. The predicted molar refractivity (Wildman–Crippen MR) is 103 cm³/mol. The molecule has 0 saturated carbocycles. The van der Waals surface area contributed by atoms with Gasteiger partial charge in [-0.3, -0.25) is 4.79 Å². The van der Waals surface area contributed by atoms with E-state index in [2.05, 4.69) is 22.6 Å². The van der Waals surface area contributed by atoms with Crippen LogP contribution in [0.1, 0.15) is 12.5 Å². The van der Waals surface area contributed by atoms with Crippen LogP contribution in [0.15, 0.2) is 12.1 Å². The topological polar surface area (TPSA) is 63.2 Å². The van der Waals surface area contributed by atoms with Crippen LogP contribution in [0.2, 0.25) is 5.02 Å². The standard InChI is InChI=1S/C17H18ClIO6/c1-9(20)24-7-10-5-11-13(22-3)6-12(18)16(23-4)14(11)17(15(10)19)25-8-21-2/h5-6H,7-8H2,1-4H3. The zero-order chi connectivity index (χ0) is 18.6. The maximum Gasteiger partial charge on any atom is 0.302 e. The van der Waals surface area contributed by atoms with E-state index in [0.717, 1.165) is 14.5 Å². The van der Waals surface area contributed by atoms with E-state index >= 15 is 0 Å². The Balaban J connectivity index is 2.80. The summed E-state index contributed by atoms with van der Waals surface area (Å²) >= 11 is 8.46. The first-order chi connectivity index (χ1) is 11.9. The van der Waals surface area contributed by atoms with Crippen LogP contribution in [0.4, 0.5) is 0 Å². The molecule has 0 aliphatic rings. The van der Waals surface area contributed by atoms with Crippen molar-refractivity contribution in [3.05, 3.63) is 26.3 Å². The van der Waals surface area contributed by atoms with Gasteiger partial charge >= 0.3 is 5.97 Å². The molecule has 0 fully saturated rings. The number of hydrogen-bond donors (Lipinski definition) is 0. The van der Waals surface area contributed by atoms with Gasteiger partial charge in [-0.15, -0.1) is 0 Å². The van der Waals surface area contributed by atoms with Crippen molar-refractivity contribution in [2.24, 2.45) is 0 Å². The average molecular weight is 481 g/mol. The molecule has 2 aromatic carbocycles. The summed E-state index contributed by atoms with van der Waals surface area (Å²) in [5.41, 5.74) is 0.775. The van der Waals surface area contributed by atoms with E-state index in [0.29, 0.717) is 27.7 Å². The normalized spacial score (nSPS) is 10.6. The van der Waals surface area contributed by atoms with Gasteiger partial charge in [0, 0.05) is 31.0 Å². The first-order valence-electron chi connectivity index (χ1n) is 7.25. The number of esters is 1. The molecule has 0 aliphatic heterocycles. The first kappa shape index (κ1) is 19.9. The second kappa shape index (κ2) is 8.77. The minimum Gasteiger partial charge on any atom is -0.496 e. The largest absolute Gasteiger partial charge is 0.496 e. The van der Waals surface area contributed by atoms with Crippen molar-refractivity contribution in [3.63, 3.8) is 0 Å². The predicted octanol–water partition coefficient (Wildman–Crippen LogP) is 4.16. The van der Waals surface area contributed by atoms with Crippen LogP contribution in [0.25, 0.3) is 10.8 Å². The van der Waals surface area contributed by atoms with E-state index in [1.807, 2.05) is 6.07 Å². The van der Waals surface area contributed by atoms with Crippen LogP contribution < -0.4 is 14.2 Å². The number of benzene rings is 2. The fraction of sp³-hybridized carbons (Fsp3) is 0.353. The molecule has 25 heavy (non-hydrogen) atoms. The Labute approximate surface area is 164 Å². The summed E-state index contributed by atoms with van der Waals surface area (Å²) in [6, 6.07) is 3.54. The average Bonchev–Trinajstić information content (AvgIpc) is 2.58. The summed E-state index contributed by atoms with van der Waals surface area (Å²) in [5, 5.41) is 1.80.